The lowest BCUT2D eigenvalue weighted by Crippen LogP contribution is -2.28. The molecule has 0 radical (unpaired) electrons. The first-order chi connectivity index (χ1) is 14.8. The first-order valence-corrected chi connectivity index (χ1v) is 12.4. The number of unbranched alkanes of at least 4 members (excludes halogenated alkanes) is 1. The molecule has 0 fully saturated rings. The van der Waals surface area contributed by atoms with Crippen LogP contribution in [0.15, 0.2) is 41.3 Å². The lowest BCUT2D eigenvalue weighted by molar-refractivity contribution is -0.157. The zero-order valence-electron chi connectivity index (χ0n) is 19.6. The molecular formula is C24H32ClNO5S. The Hall–Kier alpha value is -2.09. The molecule has 0 aliphatic rings. The number of aryl methyl sites for hydroxylation is 1. The van der Waals surface area contributed by atoms with Crippen molar-refractivity contribution in [2.75, 3.05) is 20.2 Å². The van der Waals surface area contributed by atoms with Gasteiger partial charge in [0, 0.05) is 24.2 Å². The number of carbonyl (C=O) groups is 1. The maximum Gasteiger partial charge on any atom is 0.344 e. The summed E-state index contributed by atoms with van der Waals surface area (Å²) >= 11 is 6.23. The van der Waals surface area contributed by atoms with Gasteiger partial charge in [0.05, 0.1) is 4.90 Å². The Balaban J connectivity index is 2.42. The summed E-state index contributed by atoms with van der Waals surface area (Å²) in [5.41, 5.74) is 1.50. The fraction of sp³-hybridized carbons (Fsp3) is 0.458. The lowest BCUT2D eigenvalue weighted by atomic mass is 10.00. The highest BCUT2D eigenvalue weighted by atomic mass is 35.5. The van der Waals surface area contributed by atoms with Crippen LogP contribution in [0.2, 0.25) is 5.02 Å². The molecule has 0 aliphatic carbocycles. The van der Waals surface area contributed by atoms with E-state index in [0.29, 0.717) is 28.4 Å². The molecule has 8 heteroatoms. The van der Waals surface area contributed by atoms with E-state index >= 15 is 0 Å². The van der Waals surface area contributed by atoms with Crippen LogP contribution >= 0.6 is 11.6 Å². The molecule has 0 saturated heterocycles. The number of ether oxygens (including phenoxy) is 2. The molecule has 2 aromatic rings. The summed E-state index contributed by atoms with van der Waals surface area (Å²) in [5.74, 6) is -0.0822. The average molecular weight is 482 g/mol. The van der Waals surface area contributed by atoms with Crippen molar-refractivity contribution in [3.8, 4) is 16.9 Å². The number of carbonyl (C=O) groups excluding carboxylic acids is 1. The van der Waals surface area contributed by atoms with Crippen molar-refractivity contribution in [3.63, 3.8) is 0 Å². The van der Waals surface area contributed by atoms with Crippen molar-refractivity contribution >= 4 is 27.6 Å². The largest absolute Gasteiger partial charge is 0.481 e. The van der Waals surface area contributed by atoms with Gasteiger partial charge in [-0.3, -0.25) is 0 Å². The van der Waals surface area contributed by atoms with Crippen molar-refractivity contribution in [2.45, 2.75) is 58.0 Å². The predicted octanol–water partition coefficient (Wildman–Crippen LogP) is 5.46. The van der Waals surface area contributed by atoms with E-state index in [1.54, 1.807) is 64.2 Å². The van der Waals surface area contributed by atoms with E-state index < -0.39 is 21.6 Å². The van der Waals surface area contributed by atoms with Gasteiger partial charge in [-0.15, -0.1) is 0 Å². The minimum absolute atomic E-state index is 0.190. The van der Waals surface area contributed by atoms with Gasteiger partial charge in [-0.1, -0.05) is 31.0 Å². The van der Waals surface area contributed by atoms with Gasteiger partial charge in [0.15, 0.2) is 6.61 Å². The molecule has 0 N–H and O–H groups in total. The van der Waals surface area contributed by atoms with Gasteiger partial charge in [0.25, 0.3) is 0 Å². The average Bonchev–Trinajstić information content (AvgIpc) is 2.69. The molecule has 0 atom stereocenters. The maximum absolute atomic E-state index is 13.0. The zero-order valence-corrected chi connectivity index (χ0v) is 21.1. The molecule has 0 saturated carbocycles. The molecule has 0 bridgehead atoms. The van der Waals surface area contributed by atoms with Crippen LogP contribution in [0, 0.1) is 6.92 Å². The number of rotatable bonds is 9. The number of halogens is 1. The Morgan fingerprint density at radius 1 is 1.09 bits per heavy atom. The number of hydrogen-bond donors (Lipinski definition) is 0. The molecule has 2 aromatic carbocycles. The molecule has 0 aliphatic heterocycles. The molecule has 0 amide bonds. The Labute approximate surface area is 196 Å². The van der Waals surface area contributed by atoms with Crippen LogP contribution in [0.25, 0.3) is 11.1 Å². The summed E-state index contributed by atoms with van der Waals surface area (Å²) in [5, 5.41) is 0.470. The molecule has 0 unspecified atom stereocenters. The fourth-order valence-corrected chi connectivity index (χ4v) is 4.49. The summed E-state index contributed by atoms with van der Waals surface area (Å²) in [7, 11) is -2.06. The van der Waals surface area contributed by atoms with E-state index in [4.69, 9.17) is 21.1 Å². The minimum Gasteiger partial charge on any atom is -0.481 e. The number of sulfonamides is 1. The number of hydrogen-bond acceptors (Lipinski definition) is 5. The third-order valence-corrected chi connectivity index (χ3v) is 6.83. The minimum atomic E-state index is -3.64. The second-order valence-electron chi connectivity index (χ2n) is 8.67. The van der Waals surface area contributed by atoms with E-state index in [9.17, 15) is 13.2 Å². The smallest absolute Gasteiger partial charge is 0.344 e. The Bertz CT molecular complexity index is 1060. The van der Waals surface area contributed by atoms with Gasteiger partial charge in [-0.05, 0) is 75.6 Å². The van der Waals surface area contributed by atoms with E-state index in [1.165, 1.54) is 4.31 Å². The quantitative estimate of drug-likeness (QED) is 0.445. The van der Waals surface area contributed by atoms with Crippen LogP contribution in [-0.2, 0) is 19.6 Å². The van der Waals surface area contributed by atoms with Gasteiger partial charge >= 0.3 is 5.97 Å². The topological polar surface area (TPSA) is 72.9 Å². The maximum atomic E-state index is 13.0. The summed E-state index contributed by atoms with van der Waals surface area (Å²) in [6.07, 6.45) is 1.69. The molecule has 6 nitrogen and oxygen atoms in total. The first-order valence-electron chi connectivity index (χ1n) is 10.6. The molecular weight excluding hydrogens is 450 g/mol. The van der Waals surface area contributed by atoms with Crippen LogP contribution in [0.1, 0.15) is 46.1 Å². The van der Waals surface area contributed by atoms with Gasteiger partial charge in [0.2, 0.25) is 10.0 Å². The Morgan fingerprint density at radius 3 is 2.41 bits per heavy atom. The third kappa shape index (κ3) is 6.95. The zero-order chi connectivity index (χ0) is 24.1. The van der Waals surface area contributed by atoms with Crippen molar-refractivity contribution in [2.24, 2.45) is 0 Å². The first kappa shape index (κ1) is 26.2. The second-order valence-corrected chi connectivity index (χ2v) is 11.2. The highest BCUT2D eigenvalue weighted by Gasteiger charge is 2.23. The third-order valence-electron chi connectivity index (χ3n) is 4.74. The lowest BCUT2D eigenvalue weighted by Gasteiger charge is -2.20. The molecule has 0 heterocycles. The normalized spacial score (nSPS) is 12.1. The molecule has 0 spiro atoms. The van der Waals surface area contributed by atoms with Crippen molar-refractivity contribution in [1.82, 2.24) is 4.31 Å². The van der Waals surface area contributed by atoms with Crippen molar-refractivity contribution in [3.05, 3.63) is 47.0 Å². The second kappa shape index (κ2) is 10.7. The SMILES string of the molecule is CCCCN(C)S(=O)(=O)c1ccc(C)c(-c2cc(Cl)ccc2OCC(=O)OC(C)(C)C)c1. The molecule has 0 aromatic heterocycles. The van der Waals surface area contributed by atoms with Gasteiger partial charge in [-0.2, -0.15) is 0 Å². The van der Waals surface area contributed by atoms with Crippen molar-refractivity contribution in [1.29, 1.82) is 0 Å². The fourth-order valence-electron chi connectivity index (χ4n) is 3.08. The number of esters is 1. The van der Waals surface area contributed by atoms with E-state index in [-0.39, 0.29) is 11.5 Å². The van der Waals surface area contributed by atoms with Crippen LogP contribution in [0.4, 0.5) is 0 Å². The van der Waals surface area contributed by atoms with E-state index in [2.05, 4.69) is 0 Å². The monoisotopic (exact) mass is 481 g/mol. The van der Waals surface area contributed by atoms with Gasteiger partial charge in [0.1, 0.15) is 11.4 Å². The molecule has 2 rings (SSSR count). The van der Waals surface area contributed by atoms with Gasteiger partial charge < -0.3 is 9.47 Å². The highest BCUT2D eigenvalue weighted by molar-refractivity contribution is 7.89. The summed E-state index contributed by atoms with van der Waals surface area (Å²) in [6, 6.07) is 10.0. The van der Waals surface area contributed by atoms with E-state index in [0.717, 1.165) is 18.4 Å². The predicted molar refractivity (Wildman–Crippen MR) is 128 cm³/mol. The summed E-state index contributed by atoms with van der Waals surface area (Å²) < 4.78 is 38.5. The van der Waals surface area contributed by atoms with Crippen LogP contribution in [-0.4, -0.2) is 44.5 Å². The molecule has 176 valence electrons. The summed E-state index contributed by atoms with van der Waals surface area (Å²) in [4.78, 5) is 12.3. The van der Waals surface area contributed by atoms with Crippen molar-refractivity contribution < 1.29 is 22.7 Å². The Morgan fingerprint density at radius 2 is 1.78 bits per heavy atom. The van der Waals surface area contributed by atoms with Crippen LogP contribution in [0.5, 0.6) is 5.75 Å². The number of nitrogens with zero attached hydrogens (tertiary/aromatic N) is 1. The van der Waals surface area contributed by atoms with Gasteiger partial charge in [-0.25, -0.2) is 17.5 Å². The van der Waals surface area contributed by atoms with Crippen LogP contribution < -0.4 is 4.74 Å². The van der Waals surface area contributed by atoms with E-state index in [1.807, 2.05) is 13.8 Å². The summed E-state index contributed by atoms with van der Waals surface area (Å²) in [6.45, 7) is 9.42. The highest BCUT2D eigenvalue weighted by Crippen LogP contribution is 2.36. The standard InChI is InChI=1S/C24H32ClNO5S/c1-7-8-13-26(6)32(28,29)19-11-9-17(2)20(15-19)21-14-18(25)10-12-22(21)30-16-23(27)31-24(3,4)5/h9-12,14-15H,7-8,13,16H2,1-6H3. The number of benzene rings is 2. The molecule has 32 heavy (non-hydrogen) atoms. The van der Waals surface area contributed by atoms with Crippen LogP contribution in [0.3, 0.4) is 0 Å². The Kier molecular flexibility index (Phi) is 8.74.